The van der Waals surface area contributed by atoms with E-state index in [1.807, 2.05) is 12.1 Å². The van der Waals surface area contributed by atoms with E-state index in [2.05, 4.69) is 42.8 Å². The molecule has 2 heterocycles. The smallest absolute Gasteiger partial charge is 0.130 e. The van der Waals surface area contributed by atoms with Gasteiger partial charge in [0.15, 0.2) is 0 Å². The number of ether oxygens (including phenoxy) is 1. The number of methoxy groups -OCH3 is 1. The standard InChI is InChI=1S/C23H35N7O/c1-23(7-8-23)14-26-22-12-20(28-16-30-22)19-11-21(29-15-27-19)25-13-17-3-5-18(6-4-17)24-9-10-31-2/h11-12,15-18,24H,3-10,13-14H2,1-2H3,(H,25,27,29)(H,26,28,30). The molecule has 3 N–H and O–H groups in total. The van der Waals surface area contributed by atoms with Crippen LogP contribution in [-0.4, -0.2) is 59.3 Å². The van der Waals surface area contributed by atoms with Crippen LogP contribution >= 0.6 is 0 Å². The van der Waals surface area contributed by atoms with Crippen LogP contribution in [0.1, 0.15) is 45.4 Å². The van der Waals surface area contributed by atoms with E-state index in [-0.39, 0.29) is 0 Å². The molecule has 0 aliphatic heterocycles. The molecule has 0 bridgehead atoms. The van der Waals surface area contributed by atoms with Gasteiger partial charge in [-0.3, -0.25) is 0 Å². The number of rotatable bonds is 11. The summed E-state index contributed by atoms with van der Waals surface area (Å²) in [6, 6.07) is 4.57. The van der Waals surface area contributed by atoms with Gasteiger partial charge in [-0.25, -0.2) is 19.9 Å². The zero-order valence-electron chi connectivity index (χ0n) is 18.7. The summed E-state index contributed by atoms with van der Waals surface area (Å²) in [5.74, 6) is 2.38. The lowest BCUT2D eigenvalue weighted by atomic mass is 9.86. The Morgan fingerprint density at radius 1 is 0.935 bits per heavy atom. The van der Waals surface area contributed by atoms with Gasteiger partial charge in [-0.1, -0.05) is 6.92 Å². The second-order valence-electron chi connectivity index (χ2n) is 9.29. The number of hydrogen-bond acceptors (Lipinski definition) is 8. The van der Waals surface area contributed by atoms with Crippen molar-refractivity contribution < 1.29 is 4.74 Å². The molecule has 0 saturated heterocycles. The van der Waals surface area contributed by atoms with Crippen LogP contribution in [0.3, 0.4) is 0 Å². The quantitative estimate of drug-likeness (QED) is 0.472. The van der Waals surface area contributed by atoms with E-state index in [0.717, 1.165) is 49.3 Å². The number of hydrogen-bond donors (Lipinski definition) is 3. The van der Waals surface area contributed by atoms with Crippen LogP contribution in [0, 0.1) is 11.3 Å². The van der Waals surface area contributed by atoms with E-state index >= 15 is 0 Å². The first-order valence-electron chi connectivity index (χ1n) is 11.5. The molecule has 8 heteroatoms. The highest BCUT2D eigenvalue weighted by Crippen LogP contribution is 2.44. The summed E-state index contributed by atoms with van der Waals surface area (Å²) in [6.45, 7) is 5.91. The number of nitrogens with one attached hydrogen (secondary N) is 3. The highest BCUT2D eigenvalue weighted by atomic mass is 16.5. The van der Waals surface area contributed by atoms with Crippen LogP contribution in [0.4, 0.5) is 11.6 Å². The van der Waals surface area contributed by atoms with Gasteiger partial charge in [-0.2, -0.15) is 0 Å². The van der Waals surface area contributed by atoms with Crippen molar-refractivity contribution in [1.82, 2.24) is 25.3 Å². The number of aromatic nitrogens is 4. The van der Waals surface area contributed by atoms with E-state index in [0.29, 0.717) is 17.4 Å². The van der Waals surface area contributed by atoms with Crippen LogP contribution in [-0.2, 0) is 4.74 Å². The number of anilines is 2. The zero-order chi connectivity index (χ0) is 21.5. The minimum Gasteiger partial charge on any atom is -0.383 e. The molecule has 2 saturated carbocycles. The lowest BCUT2D eigenvalue weighted by Crippen LogP contribution is -2.36. The van der Waals surface area contributed by atoms with E-state index in [1.54, 1.807) is 19.8 Å². The van der Waals surface area contributed by atoms with Crippen LogP contribution in [0.15, 0.2) is 24.8 Å². The van der Waals surface area contributed by atoms with Crippen LogP contribution in [0.25, 0.3) is 11.4 Å². The van der Waals surface area contributed by atoms with Crippen LogP contribution in [0.5, 0.6) is 0 Å². The van der Waals surface area contributed by atoms with Crippen LogP contribution < -0.4 is 16.0 Å². The molecular weight excluding hydrogens is 390 g/mol. The number of nitrogens with zero attached hydrogens (tertiary/aromatic N) is 4. The largest absolute Gasteiger partial charge is 0.383 e. The Morgan fingerprint density at radius 2 is 1.58 bits per heavy atom. The average molecular weight is 426 g/mol. The lowest BCUT2D eigenvalue weighted by molar-refractivity contribution is 0.189. The molecule has 0 aromatic carbocycles. The predicted molar refractivity (Wildman–Crippen MR) is 123 cm³/mol. The van der Waals surface area contributed by atoms with Crippen molar-refractivity contribution >= 4 is 11.6 Å². The van der Waals surface area contributed by atoms with Gasteiger partial charge >= 0.3 is 0 Å². The van der Waals surface area contributed by atoms with Gasteiger partial charge in [0.1, 0.15) is 24.3 Å². The minimum absolute atomic E-state index is 0.427. The van der Waals surface area contributed by atoms with Crippen molar-refractivity contribution in [2.45, 2.75) is 51.5 Å². The molecular formula is C23H35N7O. The second kappa shape index (κ2) is 10.3. The van der Waals surface area contributed by atoms with Crippen molar-refractivity contribution in [2.75, 3.05) is 44.0 Å². The predicted octanol–water partition coefficient (Wildman–Crippen LogP) is 3.35. The molecule has 0 spiro atoms. The first kappa shape index (κ1) is 21.9. The Bertz CT molecular complexity index is 834. The van der Waals surface area contributed by atoms with Crippen molar-refractivity contribution in [3.8, 4) is 11.4 Å². The highest BCUT2D eigenvalue weighted by molar-refractivity contribution is 5.61. The average Bonchev–Trinajstić information content (AvgIpc) is 3.55. The van der Waals surface area contributed by atoms with Crippen molar-refractivity contribution in [1.29, 1.82) is 0 Å². The zero-order valence-corrected chi connectivity index (χ0v) is 18.7. The Hall–Kier alpha value is -2.32. The maximum atomic E-state index is 5.12. The molecule has 2 fully saturated rings. The van der Waals surface area contributed by atoms with Gasteiger partial charge in [0.05, 0.1) is 18.0 Å². The summed E-state index contributed by atoms with van der Waals surface area (Å²) in [6.07, 6.45) is 10.7. The molecule has 2 aromatic heterocycles. The molecule has 4 rings (SSSR count). The van der Waals surface area contributed by atoms with Gasteiger partial charge in [0, 0.05) is 44.9 Å². The fourth-order valence-electron chi connectivity index (χ4n) is 4.07. The SMILES string of the molecule is COCCNC1CCC(CNc2cc(-c3cc(NCC4(C)CC4)ncn3)ncn2)CC1. The molecule has 0 atom stereocenters. The van der Waals surface area contributed by atoms with Gasteiger partial charge < -0.3 is 20.7 Å². The molecule has 8 nitrogen and oxygen atoms in total. The van der Waals surface area contributed by atoms with Gasteiger partial charge in [-0.05, 0) is 49.9 Å². The van der Waals surface area contributed by atoms with Crippen molar-refractivity contribution in [3.63, 3.8) is 0 Å². The van der Waals surface area contributed by atoms with E-state index in [1.165, 1.54) is 38.5 Å². The van der Waals surface area contributed by atoms with Crippen LogP contribution in [0.2, 0.25) is 0 Å². The Morgan fingerprint density at radius 3 is 2.19 bits per heavy atom. The molecule has 31 heavy (non-hydrogen) atoms. The Balaban J connectivity index is 1.27. The topological polar surface area (TPSA) is 96.9 Å². The Labute approximate surface area is 185 Å². The summed E-state index contributed by atoms with van der Waals surface area (Å²) in [5.41, 5.74) is 2.05. The molecule has 168 valence electrons. The summed E-state index contributed by atoms with van der Waals surface area (Å²) in [4.78, 5) is 17.6. The third-order valence-corrected chi connectivity index (χ3v) is 6.55. The Kier molecular flexibility index (Phi) is 7.29. The summed E-state index contributed by atoms with van der Waals surface area (Å²) < 4.78 is 5.12. The van der Waals surface area contributed by atoms with Crippen molar-refractivity contribution in [2.24, 2.45) is 11.3 Å². The fraction of sp³-hybridized carbons (Fsp3) is 0.652. The van der Waals surface area contributed by atoms with E-state index in [9.17, 15) is 0 Å². The first-order valence-corrected chi connectivity index (χ1v) is 11.5. The fourth-order valence-corrected chi connectivity index (χ4v) is 4.07. The second-order valence-corrected chi connectivity index (χ2v) is 9.29. The molecule has 0 radical (unpaired) electrons. The maximum absolute atomic E-state index is 5.12. The van der Waals surface area contributed by atoms with Crippen molar-refractivity contribution in [3.05, 3.63) is 24.8 Å². The van der Waals surface area contributed by atoms with E-state index < -0.39 is 0 Å². The molecule has 2 aliphatic carbocycles. The minimum atomic E-state index is 0.427. The summed E-state index contributed by atoms with van der Waals surface area (Å²) in [5, 5.41) is 10.5. The third kappa shape index (κ3) is 6.58. The highest BCUT2D eigenvalue weighted by Gasteiger charge is 2.36. The summed E-state index contributed by atoms with van der Waals surface area (Å²) >= 11 is 0. The molecule has 0 amide bonds. The lowest BCUT2D eigenvalue weighted by Gasteiger charge is -2.29. The molecule has 2 aliphatic rings. The monoisotopic (exact) mass is 425 g/mol. The molecule has 0 unspecified atom stereocenters. The maximum Gasteiger partial charge on any atom is 0.130 e. The van der Waals surface area contributed by atoms with Gasteiger partial charge in [-0.15, -0.1) is 0 Å². The first-order chi connectivity index (χ1) is 15.1. The summed E-state index contributed by atoms with van der Waals surface area (Å²) in [7, 11) is 1.75. The molecule has 2 aromatic rings. The normalized spacial score (nSPS) is 22.1. The van der Waals surface area contributed by atoms with Gasteiger partial charge in [0.25, 0.3) is 0 Å². The van der Waals surface area contributed by atoms with Gasteiger partial charge in [0.2, 0.25) is 0 Å². The third-order valence-electron chi connectivity index (χ3n) is 6.55. The van der Waals surface area contributed by atoms with E-state index in [4.69, 9.17) is 4.74 Å².